The number of halogens is 3. The van der Waals surface area contributed by atoms with Crippen LogP contribution < -0.4 is 5.49 Å². The molecule has 1 fully saturated rings. The first-order valence-electron chi connectivity index (χ1n) is 7.55. The van der Waals surface area contributed by atoms with Gasteiger partial charge in [-0.15, -0.1) is 0 Å². The molecule has 0 spiro atoms. The first-order chi connectivity index (χ1) is 10.5. The molecule has 1 amide bonds. The predicted molar refractivity (Wildman–Crippen MR) is 77.7 cm³/mol. The lowest BCUT2D eigenvalue weighted by molar-refractivity contribution is -0.169. The van der Waals surface area contributed by atoms with Crippen LogP contribution in [0.25, 0.3) is 0 Å². The summed E-state index contributed by atoms with van der Waals surface area (Å²) in [5.74, 6) is -2.09. The van der Waals surface area contributed by atoms with Gasteiger partial charge in [0.1, 0.15) is 0 Å². The van der Waals surface area contributed by atoms with Crippen LogP contribution in [0.4, 0.5) is 13.2 Å². The van der Waals surface area contributed by atoms with E-state index in [4.69, 9.17) is 4.74 Å². The second kappa shape index (κ2) is 6.14. The maximum absolute atomic E-state index is 12.5. The van der Waals surface area contributed by atoms with Crippen molar-refractivity contribution in [1.29, 1.82) is 0 Å². The maximum atomic E-state index is 12.5. The highest BCUT2D eigenvalue weighted by atomic mass is 19.4. The van der Waals surface area contributed by atoms with Crippen LogP contribution in [0.3, 0.4) is 0 Å². The van der Waals surface area contributed by atoms with Gasteiger partial charge in [0.2, 0.25) is 0 Å². The van der Waals surface area contributed by atoms with Crippen LogP contribution in [0.5, 0.6) is 0 Å². The molecule has 0 saturated carbocycles. The summed E-state index contributed by atoms with van der Waals surface area (Å²) in [6.45, 7) is 6.88. The third kappa shape index (κ3) is 4.04. The van der Waals surface area contributed by atoms with E-state index >= 15 is 0 Å². The molecule has 0 aromatic carbocycles. The zero-order valence-corrected chi connectivity index (χ0v) is 13.8. The van der Waals surface area contributed by atoms with Gasteiger partial charge in [-0.3, -0.25) is 14.2 Å². The lowest BCUT2D eigenvalue weighted by Crippen LogP contribution is -2.32. The van der Waals surface area contributed by atoms with Crippen molar-refractivity contribution in [3.8, 4) is 0 Å². The van der Waals surface area contributed by atoms with Crippen LogP contribution in [-0.2, 0) is 28.5 Å². The number of amides is 1. The zero-order valence-electron chi connectivity index (χ0n) is 13.8. The van der Waals surface area contributed by atoms with Gasteiger partial charge in [-0.2, -0.15) is 18.2 Å². The molecule has 0 bridgehead atoms. The molecule has 1 aliphatic rings. The van der Waals surface area contributed by atoms with Gasteiger partial charge in [0.15, 0.2) is 5.49 Å². The third-order valence-electron chi connectivity index (χ3n) is 3.87. The van der Waals surface area contributed by atoms with Crippen molar-refractivity contribution in [2.24, 2.45) is 12.0 Å². The first kappa shape index (κ1) is 17.8. The monoisotopic (exact) mass is 333 g/mol. The zero-order chi connectivity index (χ0) is 17.4. The van der Waals surface area contributed by atoms with Crippen LogP contribution in [0.2, 0.25) is 0 Å². The molecule has 0 radical (unpaired) electrons. The van der Waals surface area contributed by atoms with Gasteiger partial charge in [0.05, 0.1) is 12.6 Å². The molecule has 2 rings (SSSR count). The van der Waals surface area contributed by atoms with E-state index < -0.39 is 12.1 Å². The molecule has 130 valence electrons. The number of aromatic nitrogens is 2. The quantitative estimate of drug-likeness (QED) is 0.834. The topological polar surface area (TPSA) is 48.5 Å². The van der Waals surface area contributed by atoms with E-state index in [1.54, 1.807) is 22.5 Å². The normalized spacial score (nSPS) is 20.3. The fourth-order valence-electron chi connectivity index (χ4n) is 2.73. The van der Waals surface area contributed by atoms with Gasteiger partial charge in [-0.25, -0.2) is 0 Å². The molecule has 5 nitrogen and oxygen atoms in total. The number of carbonyl (C=O) groups excluding carboxylic acids is 1. The van der Waals surface area contributed by atoms with Crippen molar-refractivity contribution < 1.29 is 22.7 Å². The van der Waals surface area contributed by atoms with Crippen LogP contribution in [0.1, 0.15) is 39.3 Å². The lowest BCUT2D eigenvalue weighted by atomic mass is 9.92. The van der Waals surface area contributed by atoms with Crippen molar-refractivity contribution in [3.63, 3.8) is 0 Å². The van der Waals surface area contributed by atoms with Crippen LogP contribution in [0, 0.1) is 0 Å². The number of hydrogen-bond donors (Lipinski definition) is 0. The fourth-order valence-corrected chi connectivity index (χ4v) is 2.73. The minimum atomic E-state index is -4.97. The van der Waals surface area contributed by atoms with Crippen molar-refractivity contribution in [2.75, 3.05) is 6.61 Å². The fraction of sp³-hybridized carbons (Fsp3) is 0.733. The van der Waals surface area contributed by atoms with E-state index in [-0.39, 0.29) is 17.0 Å². The van der Waals surface area contributed by atoms with E-state index in [2.05, 4.69) is 4.99 Å². The van der Waals surface area contributed by atoms with Crippen LogP contribution in [0.15, 0.2) is 11.1 Å². The predicted octanol–water partition coefficient (Wildman–Crippen LogP) is 2.29. The first-order valence-corrected chi connectivity index (χ1v) is 7.55. The number of ether oxygens (including phenoxy) is 1. The number of nitrogens with zero attached hydrogens (tertiary/aromatic N) is 3. The molecule has 2 heterocycles. The van der Waals surface area contributed by atoms with Gasteiger partial charge in [0, 0.05) is 30.8 Å². The molecule has 0 N–H and O–H groups in total. The second-order valence-corrected chi connectivity index (χ2v) is 6.79. The molecule has 1 aromatic rings. The Morgan fingerprint density at radius 2 is 2.04 bits per heavy atom. The molecule has 8 heteroatoms. The van der Waals surface area contributed by atoms with Gasteiger partial charge in [-0.05, 0) is 12.8 Å². The maximum Gasteiger partial charge on any atom is 0.473 e. The van der Waals surface area contributed by atoms with Crippen molar-refractivity contribution in [2.45, 2.75) is 57.9 Å². The minimum absolute atomic E-state index is 0.00949. The molecule has 1 atom stereocenters. The van der Waals surface area contributed by atoms with E-state index in [9.17, 15) is 18.0 Å². The molecule has 1 saturated heterocycles. The summed E-state index contributed by atoms with van der Waals surface area (Å²) in [6.07, 6.45) is -3.28. The summed E-state index contributed by atoms with van der Waals surface area (Å²) < 4.78 is 46.5. The Bertz CT molecular complexity index is 644. The standard InChI is InChI=1S/C15H22F3N3O2/c1-14(2,3)11-8-12(19-13(22)15(16,17)18)21(20(11)4)9-10-6-5-7-23-10/h8,10H,5-7,9H2,1-4H3/t10-/m1/s1. The number of hydrogen-bond acceptors (Lipinski definition) is 2. The van der Waals surface area contributed by atoms with Gasteiger partial charge in [0.25, 0.3) is 0 Å². The molecular weight excluding hydrogens is 311 g/mol. The van der Waals surface area contributed by atoms with Gasteiger partial charge >= 0.3 is 12.1 Å². The largest absolute Gasteiger partial charge is 0.473 e. The summed E-state index contributed by atoms with van der Waals surface area (Å²) in [4.78, 5) is 14.5. The van der Waals surface area contributed by atoms with Crippen molar-refractivity contribution in [3.05, 3.63) is 17.2 Å². The Morgan fingerprint density at radius 1 is 1.39 bits per heavy atom. The van der Waals surface area contributed by atoms with Gasteiger partial charge in [-0.1, -0.05) is 20.8 Å². The number of rotatable bonds is 2. The van der Waals surface area contributed by atoms with Gasteiger partial charge < -0.3 is 4.74 Å². The second-order valence-electron chi connectivity index (χ2n) is 6.79. The van der Waals surface area contributed by atoms with E-state index in [0.717, 1.165) is 18.5 Å². The third-order valence-corrected chi connectivity index (χ3v) is 3.87. The smallest absolute Gasteiger partial charge is 0.376 e. The Hall–Kier alpha value is -1.57. The molecule has 0 aliphatic carbocycles. The summed E-state index contributed by atoms with van der Waals surface area (Å²) in [5.41, 5.74) is 0.515. The van der Waals surface area contributed by atoms with Crippen molar-refractivity contribution >= 4 is 5.91 Å². The molecule has 1 aliphatic heterocycles. The average Bonchev–Trinajstić information content (AvgIpc) is 2.99. The van der Waals surface area contributed by atoms with E-state index in [1.165, 1.54) is 0 Å². The molecule has 23 heavy (non-hydrogen) atoms. The molecule has 0 unspecified atom stereocenters. The highest BCUT2D eigenvalue weighted by Crippen LogP contribution is 2.22. The molecular formula is C15H22F3N3O2. The Balaban J connectivity index is 2.50. The van der Waals surface area contributed by atoms with E-state index in [1.807, 2.05) is 20.8 Å². The van der Waals surface area contributed by atoms with E-state index in [0.29, 0.717) is 13.2 Å². The Kier molecular flexibility index (Phi) is 4.75. The minimum Gasteiger partial charge on any atom is -0.376 e. The average molecular weight is 333 g/mol. The Morgan fingerprint density at radius 3 is 2.52 bits per heavy atom. The highest BCUT2D eigenvalue weighted by molar-refractivity contribution is 5.82. The highest BCUT2D eigenvalue weighted by Gasteiger charge is 2.38. The number of carbonyl (C=O) groups is 1. The van der Waals surface area contributed by atoms with Crippen LogP contribution >= 0.6 is 0 Å². The summed E-state index contributed by atoms with van der Waals surface area (Å²) in [6, 6.07) is 1.54. The summed E-state index contributed by atoms with van der Waals surface area (Å²) in [7, 11) is 1.76. The summed E-state index contributed by atoms with van der Waals surface area (Å²) >= 11 is 0. The Labute approximate surface area is 132 Å². The lowest BCUT2D eigenvalue weighted by Gasteiger charge is -2.21. The summed E-state index contributed by atoms with van der Waals surface area (Å²) in [5, 5.41) is 0. The molecule has 1 aromatic heterocycles. The SMILES string of the molecule is Cn1c(C(C)(C)C)cc(=NC(=O)C(F)(F)F)n1C[C@H]1CCCO1. The van der Waals surface area contributed by atoms with Crippen LogP contribution in [-0.4, -0.2) is 34.2 Å². The van der Waals surface area contributed by atoms with Crippen molar-refractivity contribution in [1.82, 2.24) is 9.36 Å². The number of alkyl halides is 3.